The van der Waals surface area contributed by atoms with Gasteiger partial charge in [-0.1, -0.05) is 0 Å². The zero-order valence-corrected chi connectivity index (χ0v) is 12.1. The molecule has 0 amide bonds. The van der Waals surface area contributed by atoms with Crippen LogP contribution in [0.15, 0.2) is 30.3 Å². The zero-order chi connectivity index (χ0) is 7.94. The van der Waals surface area contributed by atoms with Gasteiger partial charge >= 0.3 is 80.2 Å². The van der Waals surface area contributed by atoms with Crippen molar-refractivity contribution in [3.63, 3.8) is 0 Å². The molecule has 0 saturated heterocycles. The Morgan fingerprint density at radius 2 is 2.00 bits per heavy atom. The second kappa shape index (κ2) is 5.69. The summed E-state index contributed by atoms with van der Waals surface area (Å²) in [5.41, 5.74) is 5.37. The normalized spacial score (nSPS) is 9.18. The van der Waals surface area contributed by atoms with E-state index in [2.05, 4.69) is 33.4 Å². The van der Waals surface area contributed by atoms with Crippen LogP contribution in [0.3, 0.4) is 0 Å². The second-order valence-electron chi connectivity index (χ2n) is 2.45. The van der Waals surface area contributed by atoms with Gasteiger partial charge in [-0.15, -0.1) is 0 Å². The Hall–Kier alpha value is 0.0751. The summed E-state index contributed by atoms with van der Waals surface area (Å²) in [5.74, 6) is 0. The van der Waals surface area contributed by atoms with E-state index in [1.54, 1.807) is 0 Å². The summed E-state index contributed by atoms with van der Waals surface area (Å²) >= 11 is -0.953. The molecule has 0 spiro atoms. The molecule has 1 aromatic rings. The number of rotatable bonds is 4. The number of nitrogens with two attached hydrogens (primary N) is 1. The standard InChI is InChI=1S/C6H5.C2H7N2.Hg/c1-2-4-6-5-3-1;3-1-2-4;/h1-5H;3H,1-2,4H2;/q;-1;+1. The first kappa shape index (κ1) is 9.17. The van der Waals surface area contributed by atoms with Crippen LogP contribution in [0.25, 0.3) is 0 Å². The van der Waals surface area contributed by atoms with Crippen LogP contribution in [0.2, 0.25) is 0 Å². The molecule has 1 rings (SSSR count). The van der Waals surface area contributed by atoms with Gasteiger partial charge in [-0.3, -0.25) is 0 Å². The number of benzene rings is 1. The van der Waals surface area contributed by atoms with Crippen molar-refractivity contribution >= 4 is 3.07 Å². The fourth-order valence-corrected chi connectivity index (χ4v) is 5.51. The van der Waals surface area contributed by atoms with Crippen LogP contribution in [0.5, 0.6) is 0 Å². The van der Waals surface area contributed by atoms with Gasteiger partial charge in [0, 0.05) is 0 Å². The predicted molar refractivity (Wildman–Crippen MR) is 43.1 cm³/mol. The fourth-order valence-electron chi connectivity index (χ4n) is 0.931. The molecule has 0 aromatic heterocycles. The van der Waals surface area contributed by atoms with Gasteiger partial charge in [0.15, 0.2) is 0 Å². The van der Waals surface area contributed by atoms with Crippen molar-refractivity contribution in [3.05, 3.63) is 30.3 Å². The number of nitrogens with one attached hydrogen (secondary N) is 1. The number of hydrogen-bond donors (Lipinski definition) is 2. The minimum atomic E-state index is -0.953. The maximum atomic E-state index is 5.37. The third-order valence-electron chi connectivity index (χ3n) is 1.49. The van der Waals surface area contributed by atoms with Gasteiger partial charge in [-0.25, -0.2) is 0 Å². The zero-order valence-electron chi connectivity index (χ0n) is 6.59. The molecule has 0 radical (unpaired) electrons. The molecular formula is C8H12HgN2. The summed E-state index contributed by atoms with van der Waals surface area (Å²) < 4.78 is 4.98. The van der Waals surface area contributed by atoms with E-state index in [4.69, 9.17) is 5.73 Å². The Bertz CT molecular complexity index is 189. The Morgan fingerprint density at radius 3 is 2.64 bits per heavy atom. The molecule has 0 heterocycles. The van der Waals surface area contributed by atoms with Gasteiger partial charge in [-0.05, 0) is 0 Å². The van der Waals surface area contributed by atoms with E-state index in [-0.39, 0.29) is 0 Å². The van der Waals surface area contributed by atoms with Crippen LogP contribution in [0, 0.1) is 0 Å². The van der Waals surface area contributed by atoms with Crippen molar-refractivity contribution in [1.82, 2.24) is 3.08 Å². The molecule has 0 fully saturated rings. The molecule has 1 aromatic carbocycles. The molecule has 0 saturated carbocycles. The molecule has 0 aliphatic rings. The third kappa shape index (κ3) is 3.84. The summed E-state index contributed by atoms with van der Waals surface area (Å²) in [6.07, 6.45) is 0. The van der Waals surface area contributed by atoms with Crippen LogP contribution < -0.4 is 11.9 Å². The van der Waals surface area contributed by atoms with Gasteiger partial charge in [0.05, 0.1) is 0 Å². The third-order valence-corrected chi connectivity index (χ3v) is 7.26. The van der Waals surface area contributed by atoms with Crippen molar-refractivity contribution < 1.29 is 24.9 Å². The van der Waals surface area contributed by atoms with Crippen LogP contribution in [-0.2, 0) is 24.9 Å². The van der Waals surface area contributed by atoms with E-state index in [0.29, 0.717) is 0 Å². The van der Waals surface area contributed by atoms with Gasteiger partial charge in [0.2, 0.25) is 0 Å². The summed E-state index contributed by atoms with van der Waals surface area (Å²) in [7, 11) is 0. The molecule has 3 heteroatoms. The van der Waals surface area contributed by atoms with E-state index in [1.165, 1.54) is 3.07 Å². The molecule has 2 nitrogen and oxygen atoms in total. The summed E-state index contributed by atoms with van der Waals surface area (Å²) in [4.78, 5) is 0. The van der Waals surface area contributed by atoms with Gasteiger partial charge in [-0.2, -0.15) is 0 Å². The van der Waals surface area contributed by atoms with Crippen molar-refractivity contribution in [2.24, 2.45) is 5.73 Å². The van der Waals surface area contributed by atoms with E-state index >= 15 is 0 Å². The molecule has 56 valence electrons. The summed E-state index contributed by atoms with van der Waals surface area (Å²) in [5, 5.41) is 0. The minimum absolute atomic E-state index is 0.757. The monoisotopic (exact) mass is 338 g/mol. The van der Waals surface area contributed by atoms with E-state index < -0.39 is 24.9 Å². The number of hydrogen-bond acceptors (Lipinski definition) is 2. The summed E-state index contributed by atoms with van der Waals surface area (Å²) in [6, 6.07) is 10.6. The van der Waals surface area contributed by atoms with Crippen molar-refractivity contribution in [2.45, 2.75) is 0 Å². The molecule has 0 unspecified atom stereocenters. The van der Waals surface area contributed by atoms with Gasteiger partial charge < -0.3 is 0 Å². The predicted octanol–water partition coefficient (Wildman–Crippen LogP) is -0.142. The van der Waals surface area contributed by atoms with Gasteiger partial charge in [0.1, 0.15) is 0 Å². The van der Waals surface area contributed by atoms with Crippen LogP contribution in [0.1, 0.15) is 0 Å². The molecule has 0 bridgehead atoms. The average molecular weight is 337 g/mol. The van der Waals surface area contributed by atoms with E-state index in [0.717, 1.165) is 13.1 Å². The molecule has 0 aliphatic heterocycles. The molecular weight excluding hydrogens is 325 g/mol. The van der Waals surface area contributed by atoms with E-state index in [1.807, 2.05) is 0 Å². The van der Waals surface area contributed by atoms with Gasteiger partial charge in [0.25, 0.3) is 0 Å². The first-order chi connectivity index (χ1) is 5.43. The molecule has 3 N–H and O–H groups in total. The van der Waals surface area contributed by atoms with Crippen molar-refractivity contribution in [3.8, 4) is 0 Å². The molecule has 0 aliphatic carbocycles. The van der Waals surface area contributed by atoms with Crippen molar-refractivity contribution in [2.75, 3.05) is 13.1 Å². The first-order valence-corrected chi connectivity index (χ1v) is 9.38. The Balaban J connectivity index is 2.28. The van der Waals surface area contributed by atoms with Crippen LogP contribution in [-0.4, -0.2) is 13.1 Å². The maximum absolute atomic E-state index is 5.37. The molecule has 0 atom stereocenters. The SMILES string of the molecule is NCC[NH][Hg][c]1ccccc1. The first-order valence-electron chi connectivity index (χ1n) is 3.88. The Kier molecular flexibility index (Phi) is 4.74. The average Bonchev–Trinajstić information content (AvgIpc) is 2.07. The Morgan fingerprint density at radius 1 is 1.27 bits per heavy atom. The topological polar surface area (TPSA) is 38.0 Å². The van der Waals surface area contributed by atoms with Crippen molar-refractivity contribution in [1.29, 1.82) is 0 Å². The van der Waals surface area contributed by atoms with Crippen LogP contribution in [0.4, 0.5) is 0 Å². The van der Waals surface area contributed by atoms with E-state index in [9.17, 15) is 0 Å². The summed E-state index contributed by atoms with van der Waals surface area (Å²) in [6.45, 7) is 1.74. The molecule has 11 heavy (non-hydrogen) atoms. The fraction of sp³-hybridized carbons (Fsp3) is 0.250. The Labute approximate surface area is 80.0 Å². The van der Waals surface area contributed by atoms with Crippen LogP contribution >= 0.6 is 0 Å². The second-order valence-corrected chi connectivity index (χ2v) is 8.94. The quantitative estimate of drug-likeness (QED) is 0.593.